The molecule has 51 heavy (non-hydrogen) atoms. The predicted molar refractivity (Wildman–Crippen MR) is 223 cm³/mol. The molecule has 2 nitrogen and oxygen atoms in total. The summed E-state index contributed by atoms with van der Waals surface area (Å²) in [4.78, 5) is 9.95. The molecule has 0 aliphatic heterocycles. The molecule has 0 radical (unpaired) electrons. The zero-order chi connectivity index (χ0) is 35.3. The monoisotopic (exact) mass is 736 g/mol. The molecule has 0 spiro atoms. The maximum Gasteiger partial charge on any atom is 0.0695 e. The van der Waals surface area contributed by atoms with Crippen LogP contribution in [0.4, 0.5) is 0 Å². The van der Waals surface area contributed by atoms with Crippen molar-refractivity contribution in [3.8, 4) is 0 Å². The Balaban J connectivity index is 1.12. The third kappa shape index (κ3) is 6.35. The second-order valence-electron chi connectivity index (χ2n) is 20.9. The summed E-state index contributed by atoms with van der Waals surface area (Å²) in [5, 5.41) is 1.77. The van der Waals surface area contributed by atoms with Crippen LogP contribution in [0.25, 0.3) is 0 Å². The molecule has 6 unspecified atom stereocenters. The van der Waals surface area contributed by atoms with E-state index < -0.39 is 7.92 Å². The number of aromatic nitrogens is 2. The van der Waals surface area contributed by atoms with E-state index in [1.807, 2.05) is 12.4 Å². The van der Waals surface area contributed by atoms with Gasteiger partial charge in [-0.1, -0.05) is 77.9 Å². The number of hydrogen-bond donors (Lipinski definition) is 0. The topological polar surface area (TPSA) is 25.8 Å². The number of hydrogen-bond acceptors (Lipinski definition) is 2. The Morgan fingerprint density at radius 3 is 1.45 bits per heavy atom. The van der Waals surface area contributed by atoms with Gasteiger partial charge < -0.3 is 0 Å². The molecule has 8 aliphatic rings. The first-order valence-electron chi connectivity index (χ1n) is 20.5. The summed E-state index contributed by atoms with van der Waals surface area (Å²) in [5.41, 5.74) is 7.62. The van der Waals surface area contributed by atoms with Crippen LogP contribution in [0, 0.1) is 45.3 Å². The Bertz CT molecular complexity index is 1590. The fraction of sp³-hybridized carbons (Fsp3) is 0.652. The average Bonchev–Trinajstić information content (AvgIpc) is 3.05. The van der Waals surface area contributed by atoms with Gasteiger partial charge in [0.05, 0.1) is 10.9 Å². The van der Waals surface area contributed by atoms with E-state index in [0.717, 1.165) is 47.0 Å². The van der Waals surface area contributed by atoms with Crippen LogP contribution in [0.3, 0.4) is 0 Å². The maximum atomic E-state index is 4.97. The lowest BCUT2D eigenvalue weighted by Crippen LogP contribution is -2.58. The zero-order valence-corrected chi connectivity index (χ0v) is 35.2. The van der Waals surface area contributed by atoms with E-state index in [0.29, 0.717) is 37.4 Å². The predicted octanol–water partition coefficient (Wildman–Crippen LogP) is 12.2. The van der Waals surface area contributed by atoms with E-state index in [1.54, 1.807) is 11.1 Å². The van der Waals surface area contributed by atoms with Crippen molar-refractivity contribution in [2.24, 2.45) is 45.3 Å². The SMILES string of the molecule is CC(C)(C)C12CC3CC(CC(PC(PC45CC6CC(C4)CC(C(C)(C)C)(C6)C5)c4ccccc4CP(c4ccccn4)c4ccccn4)(C3)C1)C2. The second-order valence-corrected chi connectivity index (χ2v) is 27.4. The van der Waals surface area contributed by atoms with Gasteiger partial charge in [-0.15, -0.1) is 17.2 Å². The molecule has 5 heteroatoms. The normalized spacial score (nSPS) is 37.8. The molecule has 8 aliphatic carbocycles. The molecule has 0 saturated heterocycles. The van der Waals surface area contributed by atoms with Crippen molar-refractivity contribution >= 4 is 36.0 Å². The van der Waals surface area contributed by atoms with E-state index in [4.69, 9.17) is 9.97 Å². The van der Waals surface area contributed by atoms with E-state index in [9.17, 15) is 0 Å². The lowest BCUT2D eigenvalue weighted by molar-refractivity contribution is -0.103. The van der Waals surface area contributed by atoms with E-state index in [2.05, 4.69) is 102 Å². The molecule has 2 heterocycles. The van der Waals surface area contributed by atoms with Gasteiger partial charge in [0.25, 0.3) is 0 Å². The number of benzene rings is 1. The third-order valence-electron chi connectivity index (χ3n) is 15.8. The highest BCUT2D eigenvalue weighted by Crippen LogP contribution is 2.78. The van der Waals surface area contributed by atoms with Gasteiger partial charge in [0, 0.05) is 31.9 Å². The molecule has 272 valence electrons. The Morgan fingerprint density at radius 2 is 1.04 bits per heavy atom. The highest BCUT2D eigenvalue weighted by Gasteiger charge is 2.64. The Hall–Kier alpha value is -1.19. The largest absolute Gasteiger partial charge is 0.256 e. The standard InChI is InChI=1S/C46H63N2P3/c1-41(2,3)43-21-32-19-33(22-43)26-45(25-32,30-43)49-40(50-46-27-34-20-35(28-46)24-44(23-34,31-46)42(4,5)6)37-14-8-7-13-36(37)29-51(38-15-9-11-17-47-38)39-16-10-12-18-48-39/h7-18,32-35,40,49-50H,19-31H2,1-6H3. The molecule has 8 saturated carbocycles. The van der Waals surface area contributed by atoms with Gasteiger partial charge in [-0.05, 0) is 168 Å². The van der Waals surface area contributed by atoms with Crippen LogP contribution in [0.5, 0.6) is 0 Å². The smallest absolute Gasteiger partial charge is 0.0695 e. The first-order chi connectivity index (χ1) is 24.3. The molecule has 3 aromatic rings. The van der Waals surface area contributed by atoms with Gasteiger partial charge in [-0.3, -0.25) is 9.97 Å². The molecule has 8 fully saturated rings. The van der Waals surface area contributed by atoms with Gasteiger partial charge in [0.1, 0.15) is 0 Å². The van der Waals surface area contributed by atoms with Crippen molar-refractivity contribution in [2.45, 2.75) is 140 Å². The summed E-state index contributed by atoms with van der Waals surface area (Å²) in [6, 6.07) is 22.9. The fourth-order valence-electron chi connectivity index (χ4n) is 13.9. The van der Waals surface area contributed by atoms with Crippen LogP contribution in [-0.4, -0.2) is 20.3 Å². The minimum Gasteiger partial charge on any atom is -0.256 e. The quantitative estimate of drug-likeness (QED) is 0.204. The first kappa shape index (κ1) is 35.5. The lowest BCUT2D eigenvalue weighted by atomic mass is 9.43. The van der Waals surface area contributed by atoms with Gasteiger partial charge in [-0.25, -0.2) is 0 Å². The minimum atomic E-state index is -0.696. The van der Waals surface area contributed by atoms with E-state index in [1.165, 1.54) is 87.9 Å². The zero-order valence-electron chi connectivity index (χ0n) is 32.3. The Labute approximate surface area is 314 Å². The van der Waals surface area contributed by atoms with Crippen LogP contribution >= 0.6 is 25.1 Å². The van der Waals surface area contributed by atoms with Crippen molar-refractivity contribution in [3.63, 3.8) is 0 Å². The molecule has 8 bridgehead atoms. The Morgan fingerprint density at radius 1 is 0.608 bits per heavy atom. The molecule has 0 amide bonds. The van der Waals surface area contributed by atoms with E-state index in [-0.39, 0.29) is 0 Å². The summed E-state index contributed by atoms with van der Waals surface area (Å²) in [5.74, 6) is 3.84. The molecule has 1 aromatic carbocycles. The van der Waals surface area contributed by atoms with Gasteiger partial charge >= 0.3 is 0 Å². The van der Waals surface area contributed by atoms with Crippen LogP contribution in [0.15, 0.2) is 73.1 Å². The van der Waals surface area contributed by atoms with Crippen molar-refractivity contribution in [2.75, 3.05) is 0 Å². The molecule has 11 rings (SSSR count). The molecule has 2 aromatic heterocycles. The van der Waals surface area contributed by atoms with Crippen molar-refractivity contribution in [3.05, 3.63) is 84.2 Å². The Kier molecular flexibility index (Phi) is 8.83. The van der Waals surface area contributed by atoms with Crippen LogP contribution in [0.2, 0.25) is 0 Å². The molecular formula is C46H63N2P3. The summed E-state index contributed by atoms with van der Waals surface area (Å²) in [6.07, 6.45) is 23.1. The van der Waals surface area contributed by atoms with Gasteiger partial charge in [-0.2, -0.15) is 0 Å². The highest BCUT2D eigenvalue weighted by molar-refractivity contribution is 7.71. The number of nitrogens with zero attached hydrogens (tertiary/aromatic N) is 2. The third-order valence-corrected chi connectivity index (χ3v) is 22.5. The molecular weight excluding hydrogens is 673 g/mol. The summed E-state index contributed by atoms with van der Waals surface area (Å²) >= 11 is 0. The highest BCUT2D eigenvalue weighted by atomic mass is 31.1. The number of rotatable bonds is 9. The molecule has 6 atom stereocenters. The van der Waals surface area contributed by atoms with Gasteiger partial charge in [0.2, 0.25) is 0 Å². The number of pyridine rings is 2. The van der Waals surface area contributed by atoms with E-state index >= 15 is 0 Å². The van der Waals surface area contributed by atoms with Crippen LogP contribution < -0.4 is 10.9 Å². The maximum absolute atomic E-state index is 4.97. The fourth-order valence-corrected chi connectivity index (χ4v) is 22.7. The molecule has 0 N–H and O–H groups in total. The second kappa shape index (κ2) is 12.7. The minimum absolute atomic E-state index is 0.399. The van der Waals surface area contributed by atoms with Crippen molar-refractivity contribution < 1.29 is 0 Å². The summed E-state index contributed by atoms with van der Waals surface area (Å²) in [7, 11) is 1.42. The van der Waals surface area contributed by atoms with Crippen molar-refractivity contribution in [1.82, 2.24) is 9.97 Å². The lowest BCUT2D eigenvalue weighted by Gasteiger charge is -2.68. The first-order valence-corrected chi connectivity index (χ1v) is 24.2. The average molecular weight is 737 g/mol. The van der Waals surface area contributed by atoms with Gasteiger partial charge in [0.15, 0.2) is 0 Å². The van der Waals surface area contributed by atoms with Crippen LogP contribution in [-0.2, 0) is 6.16 Å². The van der Waals surface area contributed by atoms with Crippen molar-refractivity contribution in [1.29, 1.82) is 0 Å². The summed E-state index contributed by atoms with van der Waals surface area (Å²) < 4.78 is 0. The summed E-state index contributed by atoms with van der Waals surface area (Å²) in [6.45, 7) is 15.6. The van der Waals surface area contributed by atoms with Crippen LogP contribution in [0.1, 0.15) is 135 Å².